The van der Waals surface area contributed by atoms with Gasteiger partial charge in [0.15, 0.2) is 0 Å². The van der Waals surface area contributed by atoms with E-state index in [4.69, 9.17) is 0 Å². The first kappa shape index (κ1) is 70.4. The lowest BCUT2D eigenvalue weighted by Gasteiger charge is -2.20. The molecule has 0 aliphatic rings. The topological polar surface area (TPSA) is 0 Å². The minimum atomic E-state index is 1.23. The zero-order valence-corrected chi connectivity index (χ0v) is 66.9. The van der Waals surface area contributed by atoms with Crippen molar-refractivity contribution in [3.05, 3.63) is 461 Å². The van der Waals surface area contributed by atoms with Crippen molar-refractivity contribution in [1.29, 1.82) is 0 Å². The monoisotopic (exact) mass is 1540 g/mol. The molecule has 0 spiro atoms. The Kier molecular flexibility index (Phi) is 16.7. The highest BCUT2D eigenvalue weighted by Gasteiger charge is 2.25. The Hall–Kier alpha value is -15.9. The number of hydrogen-bond acceptors (Lipinski definition) is 0. The average Bonchev–Trinajstić information content (AvgIpc) is 0.787. The Morgan fingerprint density at radius 2 is 0.352 bits per heavy atom. The van der Waals surface area contributed by atoms with E-state index < -0.39 is 0 Å². The number of fused-ring (bicyclic) bond motifs is 15. The van der Waals surface area contributed by atoms with E-state index in [-0.39, 0.29) is 0 Å². The van der Waals surface area contributed by atoms with Crippen molar-refractivity contribution in [3.63, 3.8) is 0 Å². The highest BCUT2D eigenvalue weighted by atomic mass is 14.3. The van der Waals surface area contributed by atoms with Crippen LogP contribution in [0.3, 0.4) is 0 Å². The molecular formula is C122H76. The van der Waals surface area contributed by atoms with Crippen LogP contribution in [0.2, 0.25) is 0 Å². The fourth-order valence-corrected chi connectivity index (χ4v) is 20.7. The molecule has 0 radical (unpaired) electrons. The minimum Gasteiger partial charge on any atom is -0.0616 e. The van der Waals surface area contributed by atoms with Gasteiger partial charge in [0, 0.05) is 0 Å². The average molecular weight is 1540 g/mol. The molecule has 0 unspecified atom stereocenters. The van der Waals surface area contributed by atoms with Crippen LogP contribution >= 0.6 is 0 Å². The highest BCUT2D eigenvalue weighted by Crippen LogP contribution is 2.52. The first-order valence-electron chi connectivity index (χ1n) is 42.4. The van der Waals surface area contributed by atoms with Gasteiger partial charge in [-0.2, -0.15) is 0 Å². The summed E-state index contributed by atoms with van der Waals surface area (Å²) in [4.78, 5) is 0. The van der Waals surface area contributed by atoms with Crippen molar-refractivity contribution in [2.24, 2.45) is 0 Å². The van der Waals surface area contributed by atoms with E-state index in [1.165, 1.54) is 250 Å². The van der Waals surface area contributed by atoms with Crippen molar-refractivity contribution >= 4 is 172 Å². The summed E-state index contributed by atoms with van der Waals surface area (Å²) in [7, 11) is 0. The largest absolute Gasteiger partial charge is 0.0616 e. The first-order valence-corrected chi connectivity index (χ1v) is 42.4. The summed E-state index contributed by atoms with van der Waals surface area (Å²) >= 11 is 0. The van der Waals surface area contributed by atoms with Crippen molar-refractivity contribution < 1.29 is 0 Å². The molecule has 0 heterocycles. The predicted molar refractivity (Wildman–Crippen MR) is 529 cm³/mol. The van der Waals surface area contributed by atoms with E-state index in [1.807, 2.05) is 0 Å². The summed E-state index contributed by atoms with van der Waals surface area (Å²) in [5.41, 5.74) is 18.0. The zero-order valence-electron chi connectivity index (χ0n) is 66.9. The second-order valence-electron chi connectivity index (χ2n) is 32.6. The SMILES string of the molecule is c1ccc2c(-c3c4ccccc4c(-c4cc5ccccc5c5ccccc45)c4ccccc34)cccc2c1.c1ccc2c(-c3c4ccccc4c(-c4ccc5ccc6cccc7ccc4c5c67)c4ccccc34)cccc2c1.c1ccc2cc(-c3c4ccccc4c(-c4ccc(-c5cc6ccccc6c6ccccc56)cc4)c4ccccc34)ccc2c1. The molecule has 26 rings (SSSR count). The molecule has 122 heavy (non-hydrogen) atoms. The Labute approximate surface area is 706 Å². The second kappa shape index (κ2) is 29.0. The Morgan fingerprint density at radius 3 is 0.803 bits per heavy atom. The smallest absolute Gasteiger partial charge is 0.00199 e. The number of benzene rings is 26. The standard InChI is InChI=1S/C44H28.C40H24.C38H24/c1-2-12-32-27-34(26-21-29(32)11-1)44-40-19-9-7-17-38(40)43(39-18-8-10-20-41(39)44)31-24-22-30(23-25-31)42-28-33-13-3-4-14-35(33)36-15-5-6-16-37(36)42;1-2-13-29-25(9-1)10-8-18-30(29)39-31-14-3-5-16-33(31)40(34-17-6-4-15-32(34)39)36-24-22-28-20-19-26-11-7-12-27-21-23-35(36)38(28)37(26)27;1-3-15-27-25(12-1)14-11-23-31(27)37-32-19-7-9-21-34(32)38(35-22-10-8-20-33(35)37)36-24-26-13-2-4-16-28(26)29-17-5-6-18-30(29)36/h1-28H;1-24H;1-24H. The molecule has 0 heteroatoms. The molecule has 0 aromatic heterocycles. The van der Waals surface area contributed by atoms with Crippen LogP contribution in [0, 0.1) is 0 Å². The van der Waals surface area contributed by atoms with Crippen LogP contribution in [0.4, 0.5) is 0 Å². The van der Waals surface area contributed by atoms with Crippen LogP contribution in [0.1, 0.15) is 0 Å². The molecule has 0 fully saturated rings. The van der Waals surface area contributed by atoms with Gasteiger partial charge in [0.2, 0.25) is 0 Å². The molecule has 0 nitrogen and oxygen atoms in total. The maximum Gasteiger partial charge on any atom is -0.00199 e. The molecule has 0 aliphatic carbocycles. The molecule has 26 aromatic carbocycles. The van der Waals surface area contributed by atoms with Gasteiger partial charge in [-0.05, 0) is 268 Å². The highest BCUT2D eigenvalue weighted by molar-refractivity contribution is 6.32. The lowest BCUT2D eigenvalue weighted by atomic mass is 9.82. The fourth-order valence-electron chi connectivity index (χ4n) is 20.7. The van der Waals surface area contributed by atoms with Gasteiger partial charge in [-0.3, -0.25) is 0 Å². The normalized spacial score (nSPS) is 11.8. The molecule has 0 amide bonds. The van der Waals surface area contributed by atoms with Crippen LogP contribution in [-0.2, 0) is 0 Å². The van der Waals surface area contributed by atoms with Gasteiger partial charge in [0.1, 0.15) is 0 Å². The molecular weight excluding hydrogens is 1470 g/mol. The van der Waals surface area contributed by atoms with E-state index in [1.54, 1.807) is 0 Å². The third-order valence-corrected chi connectivity index (χ3v) is 26.0. The van der Waals surface area contributed by atoms with Gasteiger partial charge in [-0.25, -0.2) is 0 Å². The summed E-state index contributed by atoms with van der Waals surface area (Å²) < 4.78 is 0. The number of hydrogen-bond donors (Lipinski definition) is 0. The van der Waals surface area contributed by atoms with Crippen LogP contribution in [0.25, 0.3) is 250 Å². The first-order chi connectivity index (χ1) is 60.6. The van der Waals surface area contributed by atoms with Gasteiger partial charge in [0.05, 0.1) is 0 Å². The van der Waals surface area contributed by atoms with Gasteiger partial charge < -0.3 is 0 Å². The Balaban J connectivity index is 0.000000104. The summed E-state index contributed by atoms with van der Waals surface area (Å²) in [6.45, 7) is 0. The summed E-state index contributed by atoms with van der Waals surface area (Å²) in [6, 6.07) is 169. The Morgan fingerprint density at radius 1 is 0.0902 bits per heavy atom. The molecule has 0 bridgehead atoms. The van der Waals surface area contributed by atoms with Gasteiger partial charge in [-0.1, -0.05) is 443 Å². The third kappa shape index (κ3) is 11.4. The quantitative estimate of drug-likeness (QED) is 0.110. The summed E-state index contributed by atoms with van der Waals surface area (Å²) in [5.74, 6) is 0. The molecule has 0 saturated carbocycles. The molecule has 0 aliphatic heterocycles. The molecule has 0 N–H and O–H groups in total. The van der Waals surface area contributed by atoms with Gasteiger partial charge in [0.25, 0.3) is 0 Å². The fraction of sp³-hybridized carbons (Fsp3) is 0. The number of rotatable bonds is 7. The zero-order chi connectivity index (χ0) is 80.3. The van der Waals surface area contributed by atoms with Gasteiger partial charge in [-0.15, -0.1) is 0 Å². The van der Waals surface area contributed by atoms with E-state index in [0.717, 1.165) is 0 Å². The van der Waals surface area contributed by atoms with E-state index in [2.05, 4.69) is 461 Å². The van der Waals surface area contributed by atoms with E-state index in [9.17, 15) is 0 Å². The van der Waals surface area contributed by atoms with Crippen molar-refractivity contribution in [1.82, 2.24) is 0 Å². The maximum atomic E-state index is 2.39. The van der Waals surface area contributed by atoms with Crippen molar-refractivity contribution in [2.75, 3.05) is 0 Å². The van der Waals surface area contributed by atoms with E-state index in [0.29, 0.717) is 0 Å². The minimum absolute atomic E-state index is 1.23. The van der Waals surface area contributed by atoms with Crippen LogP contribution in [-0.4, -0.2) is 0 Å². The van der Waals surface area contributed by atoms with Crippen LogP contribution in [0.5, 0.6) is 0 Å². The van der Waals surface area contributed by atoms with Gasteiger partial charge >= 0.3 is 0 Å². The van der Waals surface area contributed by atoms with E-state index >= 15 is 0 Å². The second-order valence-corrected chi connectivity index (χ2v) is 32.6. The summed E-state index contributed by atoms with van der Waals surface area (Å²) in [5, 5.41) is 41.3. The summed E-state index contributed by atoms with van der Waals surface area (Å²) in [6.07, 6.45) is 0. The molecule has 0 atom stereocenters. The maximum absolute atomic E-state index is 2.39. The Bertz CT molecular complexity index is 8570. The lowest BCUT2D eigenvalue weighted by Crippen LogP contribution is -1.93. The molecule has 26 aromatic rings. The lowest BCUT2D eigenvalue weighted by molar-refractivity contribution is 1.64. The predicted octanol–water partition coefficient (Wildman–Crippen LogP) is 34.6. The molecule has 0 saturated heterocycles. The third-order valence-electron chi connectivity index (χ3n) is 26.0. The van der Waals surface area contributed by atoms with Crippen molar-refractivity contribution in [3.8, 4) is 77.9 Å². The van der Waals surface area contributed by atoms with Crippen LogP contribution in [0.15, 0.2) is 461 Å². The van der Waals surface area contributed by atoms with Crippen LogP contribution < -0.4 is 0 Å². The van der Waals surface area contributed by atoms with Crippen molar-refractivity contribution in [2.45, 2.75) is 0 Å². The molecule has 564 valence electrons.